The lowest BCUT2D eigenvalue weighted by Crippen LogP contribution is -2.05. The number of rotatable bonds is 5. The van der Waals surface area contributed by atoms with Gasteiger partial charge in [0.25, 0.3) is 0 Å². The molecule has 0 unspecified atom stereocenters. The molecule has 0 aromatic heterocycles. The molecule has 0 amide bonds. The van der Waals surface area contributed by atoms with Crippen molar-refractivity contribution in [2.75, 3.05) is 20.3 Å². The maximum Gasteiger partial charge on any atom is 0.165 e. The zero-order valence-corrected chi connectivity index (χ0v) is 7.83. The summed E-state index contributed by atoms with van der Waals surface area (Å²) in [6, 6.07) is 4.06. The first kappa shape index (κ1) is 10.7. The van der Waals surface area contributed by atoms with Crippen LogP contribution >= 0.6 is 0 Å². The molecule has 1 aromatic carbocycles. The first-order valence-corrected chi connectivity index (χ1v) is 4.14. The lowest BCUT2D eigenvalue weighted by Gasteiger charge is -2.06. The Morgan fingerprint density at radius 3 is 2.79 bits per heavy atom. The van der Waals surface area contributed by atoms with E-state index in [9.17, 15) is 9.18 Å². The van der Waals surface area contributed by atoms with Gasteiger partial charge >= 0.3 is 0 Å². The van der Waals surface area contributed by atoms with Gasteiger partial charge in [0.1, 0.15) is 12.9 Å². The highest BCUT2D eigenvalue weighted by molar-refractivity contribution is 5.74. The molecule has 1 rings (SSSR count). The minimum Gasteiger partial charge on any atom is -0.488 e. The zero-order chi connectivity index (χ0) is 10.4. The maximum atomic E-state index is 13.1. The Balaban J connectivity index is 2.64. The summed E-state index contributed by atoms with van der Waals surface area (Å²) in [7, 11) is 1.54. The van der Waals surface area contributed by atoms with Gasteiger partial charge in [-0.15, -0.1) is 0 Å². The van der Waals surface area contributed by atoms with E-state index >= 15 is 0 Å². The van der Waals surface area contributed by atoms with E-state index in [2.05, 4.69) is 0 Å². The molecule has 0 spiro atoms. The smallest absolute Gasteiger partial charge is 0.165 e. The minimum absolute atomic E-state index is 0.132. The number of benzene rings is 1. The molecule has 0 saturated heterocycles. The molecule has 0 atom stereocenters. The van der Waals surface area contributed by atoms with Crippen LogP contribution in [0.5, 0.6) is 5.75 Å². The van der Waals surface area contributed by atoms with Crippen LogP contribution in [-0.2, 0) is 4.74 Å². The number of hydrogen-bond donors (Lipinski definition) is 0. The summed E-state index contributed by atoms with van der Waals surface area (Å²) < 4.78 is 22.9. The number of ether oxygens (including phenoxy) is 2. The molecule has 76 valence electrons. The predicted octanol–water partition coefficient (Wildman–Crippen LogP) is 1.66. The van der Waals surface area contributed by atoms with Crippen molar-refractivity contribution in [3.8, 4) is 5.75 Å². The van der Waals surface area contributed by atoms with Crippen LogP contribution in [-0.4, -0.2) is 26.6 Å². The van der Waals surface area contributed by atoms with Crippen molar-refractivity contribution in [2.24, 2.45) is 0 Å². The van der Waals surface area contributed by atoms with Gasteiger partial charge in [-0.25, -0.2) is 4.39 Å². The fourth-order valence-corrected chi connectivity index (χ4v) is 0.942. The number of halogens is 1. The SMILES string of the molecule is COCCOc1ccc(C=O)cc1F. The van der Waals surface area contributed by atoms with Crippen LogP contribution in [0.2, 0.25) is 0 Å². The maximum absolute atomic E-state index is 13.1. The van der Waals surface area contributed by atoms with Gasteiger partial charge in [-0.2, -0.15) is 0 Å². The topological polar surface area (TPSA) is 35.5 Å². The van der Waals surface area contributed by atoms with Crippen LogP contribution in [0.1, 0.15) is 10.4 Å². The summed E-state index contributed by atoms with van der Waals surface area (Å²) in [4.78, 5) is 10.3. The molecule has 0 aliphatic carbocycles. The molecule has 0 heterocycles. The van der Waals surface area contributed by atoms with Crippen molar-refractivity contribution < 1.29 is 18.7 Å². The highest BCUT2D eigenvalue weighted by Gasteiger charge is 2.03. The first-order chi connectivity index (χ1) is 6.77. The summed E-state index contributed by atoms with van der Waals surface area (Å²) in [5, 5.41) is 0. The summed E-state index contributed by atoms with van der Waals surface area (Å²) in [6.07, 6.45) is 0.585. The highest BCUT2D eigenvalue weighted by Crippen LogP contribution is 2.17. The molecule has 0 N–H and O–H groups in total. The van der Waals surface area contributed by atoms with Crippen LogP contribution in [0.25, 0.3) is 0 Å². The average Bonchev–Trinajstić information content (AvgIpc) is 2.20. The van der Waals surface area contributed by atoms with E-state index in [1.165, 1.54) is 19.2 Å². The lowest BCUT2D eigenvalue weighted by molar-refractivity contribution is 0.112. The van der Waals surface area contributed by atoms with Crippen LogP contribution in [0, 0.1) is 5.82 Å². The van der Waals surface area contributed by atoms with E-state index in [1.807, 2.05) is 0 Å². The van der Waals surface area contributed by atoms with Crippen molar-refractivity contribution >= 4 is 6.29 Å². The number of carbonyl (C=O) groups excluding carboxylic acids is 1. The van der Waals surface area contributed by atoms with Crippen molar-refractivity contribution in [3.63, 3.8) is 0 Å². The molecule has 0 saturated carbocycles. The Kier molecular flexibility index (Phi) is 4.07. The van der Waals surface area contributed by atoms with Gasteiger partial charge in [0.05, 0.1) is 6.61 Å². The monoisotopic (exact) mass is 198 g/mol. The van der Waals surface area contributed by atoms with Gasteiger partial charge in [-0.3, -0.25) is 4.79 Å². The van der Waals surface area contributed by atoms with Crippen LogP contribution in [0.3, 0.4) is 0 Å². The van der Waals surface area contributed by atoms with Crippen LogP contribution in [0.4, 0.5) is 4.39 Å². The summed E-state index contributed by atoms with van der Waals surface area (Å²) in [5.41, 5.74) is 0.293. The highest BCUT2D eigenvalue weighted by atomic mass is 19.1. The second kappa shape index (κ2) is 5.34. The molecular weight excluding hydrogens is 187 g/mol. The quantitative estimate of drug-likeness (QED) is 0.533. The third kappa shape index (κ3) is 2.81. The molecule has 4 heteroatoms. The number of aldehydes is 1. The first-order valence-electron chi connectivity index (χ1n) is 4.14. The Hall–Kier alpha value is -1.42. The summed E-state index contributed by atoms with van der Waals surface area (Å²) >= 11 is 0. The van der Waals surface area contributed by atoms with Gasteiger partial charge < -0.3 is 9.47 Å². The molecule has 14 heavy (non-hydrogen) atoms. The van der Waals surface area contributed by atoms with E-state index < -0.39 is 5.82 Å². The van der Waals surface area contributed by atoms with Crippen molar-refractivity contribution in [1.82, 2.24) is 0 Å². The number of hydrogen-bond acceptors (Lipinski definition) is 3. The van der Waals surface area contributed by atoms with E-state index in [1.54, 1.807) is 0 Å². The van der Waals surface area contributed by atoms with Gasteiger partial charge in [0, 0.05) is 12.7 Å². The second-order valence-corrected chi connectivity index (χ2v) is 2.65. The normalized spacial score (nSPS) is 9.86. The average molecular weight is 198 g/mol. The fraction of sp³-hybridized carbons (Fsp3) is 0.300. The Labute approximate surface area is 81.4 Å². The van der Waals surface area contributed by atoms with Gasteiger partial charge in [0.2, 0.25) is 0 Å². The third-order valence-electron chi connectivity index (χ3n) is 1.64. The zero-order valence-electron chi connectivity index (χ0n) is 7.83. The van der Waals surface area contributed by atoms with Crippen molar-refractivity contribution in [1.29, 1.82) is 0 Å². The Bertz CT molecular complexity index is 312. The predicted molar refractivity (Wildman–Crippen MR) is 49.2 cm³/mol. The molecule has 3 nitrogen and oxygen atoms in total. The van der Waals surface area contributed by atoms with Crippen molar-refractivity contribution in [2.45, 2.75) is 0 Å². The number of carbonyl (C=O) groups is 1. The molecule has 0 radical (unpaired) electrons. The van der Waals surface area contributed by atoms with E-state index in [4.69, 9.17) is 9.47 Å². The molecule has 0 aliphatic heterocycles. The van der Waals surface area contributed by atoms with E-state index in [0.29, 0.717) is 18.5 Å². The Morgan fingerprint density at radius 1 is 1.43 bits per heavy atom. The van der Waals surface area contributed by atoms with Crippen LogP contribution < -0.4 is 4.74 Å². The minimum atomic E-state index is -0.536. The van der Waals surface area contributed by atoms with Gasteiger partial charge in [0.15, 0.2) is 11.6 Å². The molecular formula is C10H11FO3. The third-order valence-corrected chi connectivity index (χ3v) is 1.64. The lowest BCUT2D eigenvalue weighted by atomic mass is 10.2. The van der Waals surface area contributed by atoms with E-state index in [-0.39, 0.29) is 12.4 Å². The largest absolute Gasteiger partial charge is 0.488 e. The Morgan fingerprint density at radius 2 is 2.21 bits per heavy atom. The summed E-state index contributed by atoms with van der Waals surface area (Å²) in [5.74, 6) is -0.404. The van der Waals surface area contributed by atoms with E-state index in [0.717, 1.165) is 6.07 Å². The fourth-order valence-electron chi connectivity index (χ4n) is 0.942. The van der Waals surface area contributed by atoms with Crippen LogP contribution in [0.15, 0.2) is 18.2 Å². The molecule has 0 bridgehead atoms. The molecule has 0 aliphatic rings. The standard InChI is InChI=1S/C10H11FO3/c1-13-4-5-14-10-3-2-8(7-12)6-9(10)11/h2-3,6-7H,4-5H2,1H3. The number of methoxy groups -OCH3 is 1. The molecule has 0 fully saturated rings. The summed E-state index contributed by atoms with van der Waals surface area (Å²) in [6.45, 7) is 0.683. The van der Waals surface area contributed by atoms with Crippen molar-refractivity contribution in [3.05, 3.63) is 29.6 Å². The van der Waals surface area contributed by atoms with Gasteiger partial charge in [-0.1, -0.05) is 0 Å². The molecule has 1 aromatic rings. The second-order valence-electron chi connectivity index (χ2n) is 2.65. The van der Waals surface area contributed by atoms with Gasteiger partial charge in [-0.05, 0) is 18.2 Å².